The van der Waals surface area contributed by atoms with Gasteiger partial charge in [-0.15, -0.1) is 5.10 Å². The minimum atomic E-state index is -1.04. The number of benzene rings is 1. The lowest BCUT2D eigenvalue weighted by molar-refractivity contribution is 0.197. The molecule has 10 heteroatoms. The fourth-order valence-electron chi connectivity index (χ4n) is 2.41. The van der Waals surface area contributed by atoms with Crippen molar-refractivity contribution < 1.29 is 14.6 Å². The van der Waals surface area contributed by atoms with Crippen LogP contribution in [-0.4, -0.2) is 45.9 Å². The van der Waals surface area contributed by atoms with Gasteiger partial charge in [0.2, 0.25) is 5.88 Å². The number of hydrogen-bond acceptors (Lipinski definition) is 7. The normalized spacial score (nSPS) is 10.9. The lowest BCUT2D eigenvalue weighted by atomic mass is 10.2. The van der Waals surface area contributed by atoms with E-state index in [0.29, 0.717) is 29.4 Å². The second-order valence-electron chi connectivity index (χ2n) is 5.15. The van der Waals surface area contributed by atoms with Crippen molar-refractivity contribution in [2.45, 2.75) is 6.54 Å². The molecule has 10 nitrogen and oxygen atoms in total. The quantitative estimate of drug-likeness (QED) is 0.598. The van der Waals surface area contributed by atoms with Gasteiger partial charge in [-0.2, -0.15) is 0 Å². The number of fused-ring (bicyclic) bond motifs is 1. The van der Waals surface area contributed by atoms with Crippen LogP contribution < -0.4 is 4.74 Å². The first-order chi connectivity index (χ1) is 12.2. The minimum absolute atomic E-state index is 0.370. The molecule has 0 aliphatic rings. The van der Waals surface area contributed by atoms with Crippen molar-refractivity contribution in [3.05, 3.63) is 54.9 Å². The van der Waals surface area contributed by atoms with E-state index in [9.17, 15) is 4.79 Å². The topological polar surface area (TPSA) is 121 Å². The molecule has 25 heavy (non-hydrogen) atoms. The summed E-state index contributed by atoms with van der Waals surface area (Å²) in [7, 11) is 0. The van der Waals surface area contributed by atoms with Crippen LogP contribution in [0, 0.1) is 0 Å². The van der Waals surface area contributed by atoms with E-state index in [1.807, 2.05) is 0 Å². The lowest BCUT2D eigenvalue weighted by Gasteiger charge is -2.06. The van der Waals surface area contributed by atoms with Gasteiger partial charge in [0.05, 0.1) is 17.8 Å². The molecular formula is C15H11N7O3. The van der Waals surface area contributed by atoms with E-state index in [1.54, 1.807) is 30.3 Å². The molecule has 0 spiro atoms. The average molecular weight is 337 g/mol. The first-order valence-corrected chi connectivity index (χ1v) is 7.23. The van der Waals surface area contributed by atoms with Crippen molar-refractivity contribution in [1.82, 2.24) is 34.7 Å². The molecule has 4 rings (SSSR count). The molecule has 0 aliphatic carbocycles. The van der Waals surface area contributed by atoms with Crippen molar-refractivity contribution in [2.75, 3.05) is 0 Å². The summed E-state index contributed by atoms with van der Waals surface area (Å²) >= 11 is 0. The Hall–Kier alpha value is -3.82. The van der Waals surface area contributed by atoms with Gasteiger partial charge in [0.25, 0.3) is 0 Å². The number of rotatable bonds is 4. The molecule has 124 valence electrons. The standard InChI is InChI=1S/C15H11N7O3/c23-15(24)22-4-3-10-5-12(1-2-13(10)22)25-14-6-11(16-8-17-14)7-21-9-18-19-20-21/h1-6,8-9H,7H2,(H,23,24). The highest BCUT2D eigenvalue weighted by Crippen LogP contribution is 2.25. The molecule has 0 fully saturated rings. The van der Waals surface area contributed by atoms with Gasteiger partial charge in [-0.05, 0) is 34.7 Å². The Bertz CT molecular complexity index is 1040. The molecule has 0 saturated heterocycles. The van der Waals surface area contributed by atoms with Gasteiger partial charge in [-0.3, -0.25) is 4.57 Å². The number of tetrazole rings is 1. The predicted octanol–water partition coefficient (Wildman–Crippen LogP) is 1.78. The molecular weight excluding hydrogens is 326 g/mol. The molecule has 4 aromatic rings. The summed E-state index contributed by atoms with van der Waals surface area (Å²) in [6.07, 6.45) is 3.34. The van der Waals surface area contributed by atoms with E-state index in [1.165, 1.54) is 23.5 Å². The molecule has 3 heterocycles. The van der Waals surface area contributed by atoms with E-state index in [0.717, 1.165) is 9.95 Å². The van der Waals surface area contributed by atoms with Crippen LogP contribution in [0.3, 0.4) is 0 Å². The number of nitrogens with zero attached hydrogens (tertiary/aromatic N) is 7. The second kappa shape index (κ2) is 6.00. The Balaban J connectivity index is 1.57. The van der Waals surface area contributed by atoms with Crippen LogP contribution >= 0.6 is 0 Å². The molecule has 3 aromatic heterocycles. The van der Waals surface area contributed by atoms with Gasteiger partial charge in [0.15, 0.2) is 0 Å². The smallest absolute Gasteiger partial charge is 0.415 e. The summed E-state index contributed by atoms with van der Waals surface area (Å²) in [5.41, 5.74) is 1.28. The van der Waals surface area contributed by atoms with Crippen LogP contribution in [0.25, 0.3) is 10.9 Å². The maximum atomic E-state index is 11.1. The molecule has 0 radical (unpaired) electrons. The minimum Gasteiger partial charge on any atom is -0.464 e. The van der Waals surface area contributed by atoms with Gasteiger partial charge < -0.3 is 9.84 Å². The second-order valence-corrected chi connectivity index (χ2v) is 5.15. The zero-order valence-electron chi connectivity index (χ0n) is 12.7. The summed E-state index contributed by atoms with van der Waals surface area (Å²) in [4.78, 5) is 19.4. The number of carbonyl (C=O) groups is 1. The Kier molecular flexibility index (Phi) is 3.54. The number of aromatic nitrogens is 7. The Labute approximate surface area is 140 Å². The SMILES string of the molecule is O=C(O)n1ccc2cc(Oc3cc(Cn4cnnn4)ncn3)ccc21. The van der Waals surface area contributed by atoms with E-state index in [2.05, 4.69) is 25.5 Å². The fraction of sp³-hybridized carbons (Fsp3) is 0.0667. The number of ether oxygens (including phenoxy) is 1. The zero-order valence-corrected chi connectivity index (χ0v) is 12.7. The van der Waals surface area contributed by atoms with Crippen LogP contribution in [0.5, 0.6) is 11.6 Å². The van der Waals surface area contributed by atoms with Gasteiger partial charge >= 0.3 is 6.09 Å². The average Bonchev–Trinajstić information content (AvgIpc) is 3.24. The van der Waals surface area contributed by atoms with Crippen LogP contribution in [0.15, 0.2) is 49.2 Å². The number of hydrogen-bond donors (Lipinski definition) is 1. The Morgan fingerprint density at radius 2 is 2.12 bits per heavy atom. The van der Waals surface area contributed by atoms with Crippen molar-refractivity contribution in [3.8, 4) is 11.6 Å². The molecule has 0 aliphatic heterocycles. The van der Waals surface area contributed by atoms with Gasteiger partial charge in [0.1, 0.15) is 18.4 Å². The maximum absolute atomic E-state index is 11.1. The van der Waals surface area contributed by atoms with Crippen molar-refractivity contribution in [3.63, 3.8) is 0 Å². The highest BCUT2D eigenvalue weighted by Gasteiger charge is 2.09. The molecule has 0 amide bonds. The summed E-state index contributed by atoms with van der Waals surface area (Å²) in [6.45, 7) is 0.395. The summed E-state index contributed by atoms with van der Waals surface area (Å²) < 4.78 is 8.43. The van der Waals surface area contributed by atoms with E-state index in [-0.39, 0.29) is 0 Å². The van der Waals surface area contributed by atoms with Crippen molar-refractivity contribution >= 4 is 17.0 Å². The highest BCUT2D eigenvalue weighted by atomic mass is 16.5. The van der Waals surface area contributed by atoms with E-state index in [4.69, 9.17) is 9.84 Å². The van der Waals surface area contributed by atoms with Crippen LogP contribution in [0.2, 0.25) is 0 Å². The van der Waals surface area contributed by atoms with Crippen LogP contribution in [0.1, 0.15) is 5.69 Å². The molecule has 1 aromatic carbocycles. The molecule has 0 saturated carbocycles. The van der Waals surface area contributed by atoms with E-state index < -0.39 is 6.09 Å². The third-order valence-corrected chi connectivity index (χ3v) is 3.50. The van der Waals surface area contributed by atoms with Crippen molar-refractivity contribution in [2.24, 2.45) is 0 Å². The monoisotopic (exact) mass is 337 g/mol. The van der Waals surface area contributed by atoms with Gasteiger partial charge in [0, 0.05) is 17.6 Å². The Morgan fingerprint density at radius 3 is 2.92 bits per heavy atom. The molecule has 0 atom stereocenters. The Morgan fingerprint density at radius 1 is 1.20 bits per heavy atom. The summed E-state index contributed by atoms with van der Waals surface area (Å²) in [5.74, 6) is 0.915. The van der Waals surface area contributed by atoms with Crippen molar-refractivity contribution in [1.29, 1.82) is 0 Å². The highest BCUT2D eigenvalue weighted by molar-refractivity contribution is 5.89. The van der Waals surface area contributed by atoms with Crippen LogP contribution in [-0.2, 0) is 6.54 Å². The first-order valence-electron chi connectivity index (χ1n) is 7.23. The van der Waals surface area contributed by atoms with Gasteiger partial charge in [-0.25, -0.2) is 19.4 Å². The summed E-state index contributed by atoms with van der Waals surface area (Å²) in [5, 5.41) is 20.8. The lowest BCUT2D eigenvalue weighted by Crippen LogP contribution is -2.05. The zero-order chi connectivity index (χ0) is 17.2. The predicted molar refractivity (Wildman–Crippen MR) is 84.4 cm³/mol. The third-order valence-electron chi connectivity index (χ3n) is 3.50. The van der Waals surface area contributed by atoms with Crippen LogP contribution in [0.4, 0.5) is 4.79 Å². The number of carboxylic acid groups (broad SMARTS) is 1. The van der Waals surface area contributed by atoms with E-state index >= 15 is 0 Å². The molecule has 1 N–H and O–H groups in total. The first kappa shape index (κ1) is 14.8. The largest absolute Gasteiger partial charge is 0.464 e. The third kappa shape index (κ3) is 3.00. The fourth-order valence-corrected chi connectivity index (χ4v) is 2.41. The van der Waals surface area contributed by atoms with Gasteiger partial charge in [-0.1, -0.05) is 0 Å². The molecule has 0 unspecified atom stereocenters. The maximum Gasteiger partial charge on any atom is 0.415 e. The molecule has 0 bridgehead atoms. The summed E-state index contributed by atoms with van der Waals surface area (Å²) in [6, 6.07) is 8.51.